The van der Waals surface area contributed by atoms with E-state index in [4.69, 9.17) is 14.2 Å². The number of carbonyl (C=O) groups excluding carboxylic acids is 2. The Morgan fingerprint density at radius 2 is 1.71 bits per heavy atom. The SMILES string of the molecule is CC[C@H](C)[C@@H]1N=C(OC(=O)OCC2c3ccccc3-c3ccccc32)OC1=O. The van der Waals surface area contributed by atoms with E-state index in [0.29, 0.717) is 0 Å². The van der Waals surface area contributed by atoms with Crippen molar-refractivity contribution < 1.29 is 23.8 Å². The number of hydrogen-bond donors (Lipinski definition) is 0. The molecule has 0 amide bonds. The molecule has 2 atom stereocenters. The highest BCUT2D eigenvalue weighted by atomic mass is 16.8. The maximum Gasteiger partial charge on any atom is 0.517 e. The first-order chi connectivity index (χ1) is 13.6. The molecule has 0 fully saturated rings. The average molecular weight is 379 g/mol. The summed E-state index contributed by atoms with van der Waals surface area (Å²) in [6, 6.07) is 15.5. The topological polar surface area (TPSA) is 74.2 Å². The molecule has 4 rings (SSSR count). The second-order valence-corrected chi connectivity index (χ2v) is 7.04. The number of carbonyl (C=O) groups is 2. The molecular formula is C22H21NO5. The molecule has 0 radical (unpaired) electrons. The zero-order valence-electron chi connectivity index (χ0n) is 15.8. The van der Waals surface area contributed by atoms with E-state index in [1.165, 1.54) is 0 Å². The van der Waals surface area contributed by atoms with Crippen LogP contribution >= 0.6 is 0 Å². The lowest BCUT2D eigenvalue weighted by Crippen LogP contribution is -2.22. The van der Waals surface area contributed by atoms with Crippen LogP contribution in [0.15, 0.2) is 53.5 Å². The van der Waals surface area contributed by atoms with Gasteiger partial charge in [0.15, 0.2) is 6.04 Å². The van der Waals surface area contributed by atoms with Gasteiger partial charge in [0.05, 0.1) is 0 Å². The lowest BCUT2D eigenvalue weighted by Gasteiger charge is -2.13. The Morgan fingerprint density at radius 1 is 1.11 bits per heavy atom. The minimum Gasteiger partial charge on any atom is -0.433 e. The van der Waals surface area contributed by atoms with Gasteiger partial charge >= 0.3 is 18.2 Å². The van der Waals surface area contributed by atoms with Crippen LogP contribution in [0.4, 0.5) is 4.79 Å². The predicted octanol–water partition coefficient (Wildman–Crippen LogP) is 4.28. The lowest BCUT2D eigenvalue weighted by atomic mass is 9.98. The van der Waals surface area contributed by atoms with E-state index in [1.54, 1.807) is 0 Å². The van der Waals surface area contributed by atoms with E-state index >= 15 is 0 Å². The molecule has 2 aliphatic rings. The van der Waals surface area contributed by atoms with Gasteiger partial charge in [-0.3, -0.25) is 0 Å². The van der Waals surface area contributed by atoms with Crippen molar-refractivity contribution in [3.63, 3.8) is 0 Å². The number of hydrogen-bond acceptors (Lipinski definition) is 6. The number of aliphatic imine (C=N–C) groups is 1. The molecular weight excluding hydrogens is 358 g/mol. The standard InChI is InChI=1S/C22H21NO5/c1-3-13(2)19-20(24)27-21(23-19)28-22(25)26-12-18-16-10-6-4-8-14(16)15-9-5-7-11-17(15)18/h4-11,13,18-19H,3,12H2,1-2H3/t13-,19-/m0/s1. The summed E-state index contributed by atoms with van der Waals surface area (Å²) in [7, 11) is 0. The van der Waals surface area contributed by atoms with Crippen LogP contribution < -0.4 is 0 Å². The van der Waals surface area contributed by atoms with Gasteiger partial charge in [-0.15, -0.1) is 0 Å². The molecule has 6 nitrogen and oxygen atoms in total. The molecule has 1 aliphatic heterocycles. The van der Waals surface area contributed by atoms with Crippen LogP contribution in [0.2, 0.25) is 0 Å². The Balaban J connectivity index is 1.43. The van der Waals surface area contributed by atoms with E-state index in [-0.39, 0.29) is 24.5 Å². The molecule has 0 N–H and O–H groups in total. The van der Waals surface area contributed by atoms with Gasteiger partial charge < -0.3 is 14.2 Å². The number of rotatable bonds is 4. The third-order valence-corrected chi connectivity index (χ3v) is 5.36. The maximum absolute atomic E-state index is 12.1. The number of fused-ring (bicyclic) bond motifs is 3. The molecule has 1 heterocycles. The molecule has 0 saturated carbocycles. The van der Waals surface area contributed by atoms with Crippen molar-refractivity contribution in [2.45, 2.75) is 32.2 Å². The van der Waals surface area contributed by atoms with Crippen LogP contribution in [0.3, 0.4) is 0 Å². The normalized spacial score (nSPS) is 18.7. The summed E-state index contributed by atoms with van der Waals surface area (Å²) in [5, 5.41) is 0. The molecule has 144 valence electrons. The molecule has 0 spiro atoms. The first kappa shape index (κ1) is 18.2. The largest absolute Gasteiger partial charge is 0.517 e. The third-order valence-electron chi connectivity index (χ3n) is 5.36. The molecule has 1 aliphatic carbocycles. The smallest absolute Gasteiger partial charge is 0.433 e. The van der Waals surface area contributed by atoms with Crippen LogP contribution in [-0.4, -0.2) is 30.9 Å². The molecule has 0 aromatic heterocycles. The minimum atomic E-state index is -0.932. The fourth-order valence-corrected chi connectivity index (χ4v) is 3.66. The van der Waals surface area contributed by atoms with Gasteiger partial charge in [0.1, 0.15) is 6.61 Å². The Labute approximate surface area is 163 Å². The Hall–Kier alpha value is -3.15. The van der Waals surface area contributed by atoms with E-state index in [0.717, 1.165) is 28.7 Å². The molecule has 0 saturated heterocycles. The highest BCUT2D eigenvalue weighted by Crippen LogP contribution is 2.44. The summed E-state index contributed by atoms with van der Waals surface area (Å²) in [5.74, 6) is -0.562. The zero-order chi connectivity index (χ0) is 19.7. The van der Waals surface area contributed by atoms with Crippen molar-refractivity contribution in [1.82, 2.24) is 0 Å². The van der Waals surface area contributed by atoms with Crippen LogP contribution in [0, 0.1) is 5.92 Å². The van der Waals surface area contributed by atoms with Gasteiger partial charge in [0.25, 0.3) is 0 Å². The van der Waals surface area contributed by atoms with Gasteiger partial charge in [-0.25, -0.2) is 14.6 Å². The molecule has 0 unspecified atom stereocenters. The molecule has 2 aromatic carbocycles. The van der Waals surface area contributed by atoms with Crippen LogP contribution in [0.25, 0.3) is 11.1 Å². The molecule has 2 aromatic rings. The Bertz CT molecular complexity index is 906. The lowest BCUT2D eigenvalue weighted by molar-refractivity contribution is -0.137. The quantitative estimate of drug-likeness (QED) is 0.741. The van der Waals surface area contributed by atoms with E-state index in [1.807, 2.05) is 50.2 Å². The van der Waals surface area contributed by atoms with Crippen molar-refractivity contribution >= 4 is 18.2 Å². The summed E-state index contributed by atoms with van der Waals surface area (Å²) in [6.45, 7) is 3.98. The number of benzene rings is 2. The first-order valence-corrected chi connectivity index (χ1v) is 9.40. The molecule has 0 bridgehead atoms. The fourth-order valence-electron chi connectivity index (χ4n) is 3.66. The van der Waals surface area contributed by atoms with Crippen LogP contribution in [-0.2, 0) is 19.0 Å². The monoisotopic (exact) mass is 379 g/mol. The molecule has 6 heteroatoms. The summed E-state index contributed by atoms with van der Waals surface area (Å²) in [4.78, 5) is 28.0. The first-order valence-electron chi connectivity index (χ1n) is 9.40. The van der Waals surface area contributed by atoms with E-state index in [2.05, 4.69) is 17.1 Å². The highest BCUT2D eigenvalue weighted by Gasteiger charge is 2.36. The summed E-state index contributed by atoms with van der Waals surface area (Å²) in [6.07, 6.45) is -0.507. The minimum absolute atomic E-state index is 0.0103. The van der Waals surface area contributed by atoms with E-state index < -0.39 is 18.2 Å². The third kappa shape index (κ3) is 3.26. The van der Waals surface area contributed by atoms with Gasteiger partial charge in [0, 0.05) is 5.92 Å². The highest BCUT2D eigenvalue weighted by molar-refractivity contribution is 5.96. The molecule has 28 heavy (non-hydrogen) atoms. The van der Waals surface area contributed by atoms with Crippen LogP contribution in [0.5, 0.6) is 0 Å². The van der Waals surface area contributed by atoms with Gasteiger partial charge in [-0.2, -0.15) is 0 Å². The number of ether oxygens (including phenoxy) is 3. The van der Waals surface area contributed by atoms with E-state index in [9.17, 15) is 9.59 Å². The maximum atomic E-state index is 12.1. The number of cyclic esters (lactones) is 1. The van der Waals surface area contributed by atoms with Crippen molar-refractivity contribution in [3.05, 3.63) is 59.7 Å². The van der Waals surface area contributed by atoms with Crippen molar-refractivity contribution in [2.24, 2.45) is 10.9 Å². The van der Waals surface area contributed by atoms with Gasteiger partial charge in [-0.05, 0) is 28.2 Å². The Kier molecular flexibility index (Phi) is 4.86. The van der Waals surface area contributed by atoms with Crippen molar-refractivity contribution in [3.8, 4) is 11.1 Å². The second kappa shape index (κ2) is 7.46. The number of nitrogens with zero attached hydrogens (tertiary/aromatic N) is 1. The fraction of sp³-hybridized carbons (Fsp3) is 0.318. The predicted molar refractivity (Wildman–Crippen MR) is 103 cm³/mol. The summed E-state index contributed by atoms with van der Waals surface area (Å²) in [5.41, 5.74) is 4.51. The number of esters is 1. The van der Waals surface area contributed by atoms with Gasteiger partial charge in [0.2, 0.25) is 0 Å². The summed E-state index contributed by atoms with van der Waals surface area (Å²) >= 11 is 0. The zero-order valence-corrected chi connectivity index (χ0v) is 15.8. The van der Waals surface area contributed by atoms with Crippen LogP contribution in [0.1, 0.15) is 37.3 Å². The Morgan fingerprint density at radius 3 is 2.32 bits per heavy atom. The summed E-state index contributed by atoms with van der Waals surface area (Å²) < 4.78 is 15.3. The van der Waals surface area contributed by atoms with Crippen molar-refractivity contribution in [1.29, 1.82) is 0 Å². The van der Waals surface area contributed by atoms with Crippen molar-refractivity contribution in [2.75, 3.05) is 6.61 Å². The second-order valence-electron chi connectivity index (χ2n) is 7.04. The van der Waals surface area contributed by atoms with Gasteiger partial charge in [-0.1, -0.05) is 68.8 Å². The average Bonchev–Trinajstić information content (AvgIpc) is 3.23.